The predicted molar refractivity (Wildman–Crippen MR) is 112 cm³/mol. The van der Waals surface area contributed by atoms with Gasteiger partial charge < -0.3 is 5.32 Å². The zero-order valence-electron chi connectivity index (χ0n) is 16.9. The van der Waals surface area contributed by atoms with Crippen LogP contribution in [0.15, 0.2) is 48.5 Å². The number of aryl methyl sites for hydroxylation is 2. The fourth-order valence-electron chi connectivity index (χ4n) is 3.93. The molecule has 0 bridgehead atoms. The highest BCUT2D eigenvalue weighted by Crippen LogP contribution is 2.23. The molecule has 1 aliphatic rings. The van der Waals surface area contributed by atoms with E-state index in [2.05, 4.69) is 79.5 Å². The van der Waals surface area contributed by atoms with Crippen LogP contribution < -0.4 is 5.32 Å². The molecule has 2 aromatic rings. The lowest BCUT2D eigenvalue weighted by Gasteiger charge is -2.32. The van der Waals surface area contributed by atoms with Crippen molar-refractivity contribution in [2.45, 2.75) is 52.6 Å². The first-order valence-electron chi connectivity index (χ1n) is 10.2. The molecule has 2 aromatic carbocycles. The van der Waals surface area contributed by atoms with E-state index in [1.807, 2.05) is 0 Å². The number of nitrogens with zero attached hydrogens (tertiary/aromatic N) is 1. The van der Waals surface area contributed by atoms with Crippen LogP contribution in [0, 0.1) is 19.8 Å². The van der Waals surface area contributed by atoms with Crippen molar-refractivity contribution < 1.29 is 4.79 Å². The molecular weight excluding hydrogens is 332 g/mol. The van der Waals surface area contributed by atoms with Crippen molar-refractivity contribution in [3.8, 4) is 0 Å². The molecular formula is C24H32N2O. The van der Waals surface area contributed by atoms with Gasteiger partial charge >= 0.3 is 0 Å². The van der Waals surface area contributed by atoms with Crippen LogP contribution in [0.5, 0.6) is 0 Å². The Morgan fingerprint density at radius 1 is 1.07 bits per heavy atom. The molecule has 1 N–H and O–H groups in total. The summed E-state index contributed by atoms with van der Waals surface area (Å²) in [6.07, 6.45) is 2.81. The van der Waals surface area contributed by atoms with Gasteiger partial charge in [-0.3, -0.25) is 9.69 Å². The lowest BCUT2D eigenvalue weighted by atomic mass is 9.94. The predicted octanol–water partition coefficient (Wildman–Crippen LogP) is 4.78. The minimum atomic E-state index is 0.114. The number of rotatable bonds is 6. The van der Waals surface area contributed by atoms with Crippen LogP contribution in [0.3, 0.4) is 0 Å². The number of hydrogen-bond donors (Lipinski definition) is 1. The molecule has 1 heterocycles. The van der Waals surface area contributed by atoms with Crippen molar-refractivity contribution in [1.29, 1.82) is 0 Å². The maximum Gasteiger partial charge on any atom is 0.223 e. The van der Waals surface area contributed by atoms with E-state index in [-0.39, 0.29) is 17.9 Å². The molecule has 0 radical (unpaired) electrons. The van der Waals surface area contributed by atoms with Crippen molar-refractivity contribution in [3.63, 3.8) is 0 Å². The molecule has 1 atom stereocenters. The summed E-state index contributed by atoms with van der Waals surface area (Å²) in [5.41, 5.74) is 5.13. The molecule has 3 nitrogen and oxygen atoms in total. The van der Waals surface area contributed by atoms with Crippen molar-refractivity contribution in [3.05, 3.63) is 70.8 Å². The average Bonchev–Trinajstić information content (AvgIpc) is 2.67. The van der Waals surface area contributed by atoms with Crippen LogP contribution >= 0.6 is 0 Å². The first-order chi connectivity index (χ1) is 13.0. The molecule has 1 aliphatic heterocycles. The molecule has 3 rings (SSSR count). The highest BCUT2D eigenvalue weighted by Gasteiger charge is 2.26. The van der Waals surface area contributed by atoms with E-state index < -0.39 is 0 Å². The summed E-state index contributed by atoms with van der Waals surface area (Å²) in [6.45, 7) is 9.33. The Kier molecular flexibility index (Phi) is 6.68. The topological polar surface area (TPSA) is 32.3 Å². The summed E-state index contributed by atoms with van der Waals surface area (Å²) in [5.74, 6) is 0.357. The highest BCUT2D eigenvalue weighted by molar-refractivity contribution is 5.79. The van der Waals surface area contributed by atoms with Gasteiger partial charge in [0.25, 0.3) is 0 Å². The number of likely N-dealkylation sites (tertiary alicyclic amines) is 1. The summed E-state index contributed by atoms with van der Waals surface area (Å²) in [7, 11) is 0. The van der Waals surface area contributed by atoms with Gasteiger partial charge in [-0.1, -0.05) is 66.6 Å². The molecule has 0 aliphatic carbocycles. The van der Waals surface area contributed by atoms with E-state index in [4.69, 9.17) is 0 Å². The largest absolute Gasteiger partial charge is 0.349 e. The van der Waals surface area contributed by atoms with Crippen molar-refractivity contribution >= 4 is 5.91 Å². The second-order valence-electron chi connectivity index (χ2n) is 7.92. The third-order valence-electron chi connectivity index (χ3n) is 5.65. The number of carbonyl (C=O) groups is 1. The van der Waals surface area contributed by atoms with Gasteiger partial charge in [0.15, 0.2) is 0 Å². The smallest absolute Gasteiger partial charge is 0.223 e. The molecule has 27 heavy (non-hydrogen) atoms. The van der Waals surface area contributed by atoms with E-state index in [0.717, 1.165) is 38.9 Å². The Bertz CT molecular complexity index is 745. The third kappa shape index (κ3) is 5.43. The maximum absolute atomic E-state index is 12.8. The molecule has 1 fully saturated rings. The summed E-state index contributed by atoms with van der Waals surface area (Å²) in [5, 5.41) is 3.29. The summed E-state index contributed by atoms with van der Waals surface area (Å²) in [4.78, 5) is 15.3. The quantitative estimate of drug-likeness (QED) is 0.800. The van der Waals surface area contributed by atoms with Crippen molar-refractivity contribution in [2.24, 2.45) is 5.92 Å². The normalized spacial score (nSPS) is 16.9. The first-order valence-corrected chi connectivity index (χ1v) is 10.2. The molecule has 0 aromatic heterocycles. The average molecular weight is 365 g/mol. The van der Waals surface area contributed by atoms with Gasteiger partial charge in [0.05, 0.1) is 6.04 Å². The number of carbonyl (C=O) groups excluding carboxylic acids is 1. The van der Waals surface area contributed by atoms with E-state index in [1.54, 1.807) is 0 Å². The van der Waals surface area contributed by atoms with Crippen LogP contribution in [0.4, 0.5) is 0 Å². The number of benzene rings is 2. The van der Waals surface area contributed by atoms with E-state index in [9.17, 15) is 4.79 Å². The fourth-order valence-corrected chi connectivity index (χ4v) is 3.93. The Balaban J connectivity index is 1.51. The molecule has 0 spiro atoms. The lowest BCUT2D eigenvalue weighted by Crippen LogP contribution is -2.41. The number of nitrogens with one attached hydrogen (secondary N) is 1. The zero-order valence-corrected chi connectivity index (χ0v) is 16.9. The van der Waals surface area contributed by atoms with Crippen molar-refractivity contribution in [1.82, 2.24) is 10.2 Å². The van der Waals surface area contributed by atoms with Crippen LogP contribution in [-0.2, 0) is 11.3 Å². The van der Waals surface area contributed by atoms with E-state index in [0.29, 0.717) is 0 Å². The van der Waals surface area contributed by atoms with Crippen molar-refractivity contribution in [2.75, 3.05) is 13.1 Å². The molecule has 1 amide bonds. The number of hydrogen-bond acceptors (Lipinski definition) is 2. The van der Waals surface area contributed by atoms with Gasteiger partial charge in [-0.25, -0.2) is 0 Å². The van der Waals surface area contributed by atoms with E-state index in [1.165, 1.54) is 22.3 Å². The van der Waals surface area contributed by atoms with Gasteiger partial charge in [0.1, 0.15) is 0 Å². The molecule has 144 valence electrons. The fraction of sp³-hybridized carbons (Fsp3) is 0.458. The number of piperidine rings is 1. The Morgan fingerprint density at radius 2 is 1.78 bits per heavy atom. The monoisotopic (exact) mass is 364 g/mol. The maximum atomic E-state index is 12.8. The molecule has 0 unspecified atom stereocenters. The molecule has 3 heteroatoms. The van der Waals surface area contributed by atoms with Gasteiger partial charge in [-0.15, -0.1) is 0 Å². The Hall–Kier alpha value is -2.13. The van der Waals surface area contributed by atoms with E-state index >= 15 is 0 Å². The second-order valence-corrected chi connectivity index (χ2v) is 7.92. The molecule has 1 saturated heterocycles. The minimum Gasteiger partial charge on any atom is -0.349 e. The first kappa shape index (κ1) is 19.6. The minimum absolute atomic E-state index is 0.114. The third-order valence-corrected chi connectivity index (χ3v) is 5.65. The lowest BCUT2D eigenvalue weighted by molar-refractivity contribution is -0.127. The van der Waals surface area contributed by atoms with Crippen LogP contribution in [0.2, 0.25) is 0 Å². The van der Waals surface area contributed by atoms with Crippen LogP contribution in [0.25, 0.3) is 0 Å². The van der Waals surface area contributed by atoms with Gasteiger partial charge in [0.2, 0.25) is 5.91 Å². The number of amides is 1. The summed E-state index contributed by atoms with van der Waals surface area (Å²) >= 11 is 0. The summed E-state index contributed by atoms with van der Waals surface area (Å²) < 4.78 is 0. The highest BCUT2D eigenvalue weighted by atomic mass is 16.1. The van der Waals surface area contributed by atoms with Gasteiger partial charge in [0, 0.05) is 12.5 Å². The van der Waals surface area contributed by atoms with Gasteiger partial charge in [-0.2, -0.15) is 0 Å². The zero-order chi connectivity index (χ0) is 19.2. The Morgan fingerprint density at radius 3 is 2.41 bits per heavy atom. The Labute approximate surface area is 163 Å². The van der Waals surface area contributed by atoms with Gasteiger partial charge in [-0.05, 0) is 57.3 Å². The van der Waals surface area contributed by atoms with Crippen LogP contribution in [0.1, 0.15) is 54.5 Å². The standard InChI is InChI=1S/C24H32N2O/c1-4-23(21-10-8-18(2)9-11-21)25-24(27)22-12-14-26(15-13-22)17-20-7-5-6-19(3)16-20/h5-11,16,22-23H,4,12-15,17H2,1-3H3,(H,25,27)/t23-/m0/s1. The second kappa shape index (κ2) is 9.18. The summed E-state index contributed by atoms with van der Waals surface area (Å²) in [6, 6.07) is 17.3. The molecule has 0 saturated carbocycles. The van der Waals surface area contributed by atoms with Crippen LogP contribution in [-0.4, -0.2) is 23.9 Å². The SMILES string of the molecule is CC[C@H](NC(=O)C1CCN(Cc2cccc(C)c2)CC1)c1ccc(C)cc1.